The summed E-state index contributed by atoms with van der Waals surface area (Å²) in [6.07, 6.45) is 0. The van der Waals surface area contributed by atoms with Gasteiger partial charge in [-0.2, -0.15) is 0 Å². The minimum atomic E-state index is -0.745. The number of rotatable bonds is 2. The van der Waals surface area contributed by atoms with Crippen LogP contribution in [-0.2, 0) is 4.84 Å². The Morgan fingerprint density at radius 3 is 1.92 bits per heavy atom. The van der Waals surface area contributed by atoms with Crippen LogP contribution in [0.25, 0.3) is 10.8 Å². The van der Waals surface area contributed by atoms with E-state index in [1.807, 2.05) is 32.0 Å². The zero-order chi connectivity index (χ0) is 18.4. The van der Waals surface area contributed by atoms with Crippen LogP contribution in [0.15, 0.2) is 54.6 Å². The zero-order valence-corrected chi connectivity index (χ0v) is 14.3. The number of hydrogen-bond acceptors (Lipinski definition) is 4. The first-order valence-corrected chi connectivity index (χ1v) is 8.17. The number of hydrogen-bond donors (Lipinski definition) is 0. The van der Waals surface area contributed by atoms with Crippen molar-refractivity contribution in [1.82, 2.24) is 5.06 Å². The molecule has 1 aliphatic heterocycles. The van der Waals surface area contributed by atoms with Crippen LogP contribution in [0, 0.1) is 13.8 Å². The molecule has 3 aromatic carbocycles. The van der Waals surface area contributed by atoms with E-state index >= 15 is 0 Å². The lowest BCUT2D eigenvalue weighted by Crippen LogP contribution is -2.41. The summed E-state index contributed by atoms with van der Waals surface area (Å²) in [5.41, 5.74) is 2.75. The number of carbonyl (C=O) groups is 3. The Hall–Kier alpha value is -3.47. The molecule has 5 nitrogen and oxygen atoms in total. The van der Waals surface area contributed by atoms with E-state index in [2.05, 4.69) is 0 Å². The first-order valence-electron chi connectivity index (χ1n) is 8.17. The molecule has 0 saturated carbocycles. The molecule has 0 saturated heterocycles. The van der Waals surface area contributed by atoms with Crippen LogP contribution < -0.4 is 0 Å². The minimum absolute atomic E-state index is 0.292. The Labute approximate surface area is 149 Å². The second-order valence-corrected chi connectivity index (χ2v) is 6.37. The van der Waals surface area contributed by atoms with Gasteiger partial charge in [-0.25, -0.2) is 4.79 Å². The Morgan fingerprint density at radius 2 is 1.38 bits per heavy atom. The van der Waals surface area contributed by atoms with Gasteiger partial charge in [0.2, 0.25) is 0 Å². The van der Waals surface area contributed by atoms with Crippen LogP contribution in [0.1, 0.15) is 42.2 Å². The third-order valence-corrected chi connectivity index (χ3v) is 4.37. The van der Waals surface area contributed by atoms with Gasteiger partial charge in [-0.05, 0) is 43.5 Å². The van der Waals surface area contributed by atoms with Gasteiger partial charge in [0.1, 0.15) is 0 Å². The molecule has 1 heterocycles. The van der Waals surface area contributed by atoms with Crippen LogP contribution in [0.4, 0.5) is 0 Å². The molecule has 0 unspecified atom stereocenters. The number of imide groups is 1. The highest BCUT2D eigenvalue weighted by Gasteiger charge is 2.36. The quantitative estimate of drug-likeness (QED) is 0.662. The molecule has 128 valence electrons. The predicted molar refractivity (Wildman–Crippen MR) is 95.8 cm³/mol. The molecule has 2 amide bonds. The largest absolute Gasteiger partial charge is 0.363 e. The summed E-state index contributed by atoms with van der Waals surface area (Å²) >= 11 is 0. The van der Waals surface area contributed by atoms with Crippen molar-refractivity contribution in [1.29, 1.82) is 0 Å². The first-order chi connectivity index (χ1) is 12.5. The Morgan fingerprint density at radius 1 is 0.846 bits per heavy atom. The van der Waals surface area contributed by atoms with E-state index in [9.17, 15) is 14.4 Å². The van der Waals surface area contributed by atoms with Crippen molar-refractivity contribution in [3.05, 3.63) is 82.4 Å². The monoisotopic (exact) mass is 345 g/mol. The lowest BCUT2D eigenvalue weighted by molar-refractivity contribution is -0.0620. The molecule has 1 aliphatic rings. The van der Waals surface area contributed by atoms with Crippen LogP contribution in [0.2, 0.25) is 0 Å². The molecule has 26 heavy (non-hydrogen) atoms. The number of hydroxylamine groups is 2. The van der Waals surface area contributed by atoms with Gasteiger partial charge in [0.15, 0.2) is 0 Å². The highest BCUT2D eigenvalue weighted by molar-refractivity contribution is 6.25. The normalized spacial score (nSPS) is 13.2. The molecule has 0 atom stereocenters. The third kappa shape index (κ3) is 2.45. The smallest absolute Gasteiger partial charge is 0.324 e. The van der Waals surface area contributed by atoms with Crippen LogP contribution >= 0.6 is 0 Å². The van der Waals surface area contributed by atoms with Crippen molar-refractivity contribution >= 4 is 28.6 Å². The molecule has 0 spiro atoms. The minimum Gasteiger partial charge on any atom is -0.324 e. The van der Waals surface area contributed by atoms with Gasteiger partial charge in [0.25, 0.3) is 11.8 Å². The Balaban J connectivity index is 1.73. The van der Waals surface area contributed by atoms with Crippen molar-refractivity contribution in [3.63, 3.8) is 0 Å². The average molecular weight is 345 g/mol. The highest BCUT2D eigenvalue weighted by atomic mass is 16.7. The van der Waals surface area contributed by atoms with Crippen molar-refractivity contribution in [2.45, 2.75) is 13.8 Å². The molecule has 0 aliphatic carbocycles. The molecule has 0 fully saturated rings. The molecule has 0 bridgehead atoms. The van der Waals surface area contributed by atoms with E-state index in [4.69, 9.17) is 4.84 Å². The van der Waals surface area contributed by atoms with E-state index in [0.29, 0.717) is 27.1 Å². The first kappa shape index (κ1) is 16.0. The molecule has 0 aromatic heterocycles. The summed E-state index contributed by atoms with van der Waals surface area (Å²) in [5, 5.41) is 1.93. The topological polar surface area (TPSA) is 63.7 Å². The lowest BCUT2D eigenvalue weighted by atomic mass is 9.95. The summed E-state index contributed by atoms with van der Waals surface area (Å²) in [7, 11) is 0. The molecule has 3 aromatic rings. The second-order valence-electron chi connectivity index (χ2n) is 6.37. The van der Waals surface area contributed by atoms with Gasteiger partial charge in [-0.15, -0.1) is 0 Å². The van der Waals surface area contributed by atoms with Crippen LogP contribution in [0.5, 0.6) is 0 Å². The van der Waals surface area contributed by atoms with E-state index in [0.717, 1.165) is 16.5 Å². The molecule has 0 N–H and O–H groups in total. The van der Waals surface area contributed by atoms with Gasteiger partial charge in [-0.1, -0.05) is 46.5 Å². The van der Waals surface area contributed by atoms with Crippen molar-refractivity contribution < 1.29 is 19.2 Å². The highest BCUT2D eigenvalue weighted by Crippen LogP contribution is 2.30. The van der Waals surface area contributed by atoms with Crippen molar-refractivity contribution in [2.75, 3.05) is 0 Å². The third-order valence-electron chi connectivity index (χ3n) is 4.37. The van der Waals surface area contributed by atoms with E-state index < -0.39 is 17.8 Å². The Bertz CT molecular complexity index is 1030. The van der Waals surface area contributed by atoms with Gasteiger partial charge in [0, 0.05) is 5.39 Å². The summed E-state index contributed by atoms with van der Waals surface area (Å²) in [4.78, 5) is 43.2. The fourth-order valence-corrected chi connectivity index (χ4v) is 3.32. The maximum Gasteiger partial charge on any atom is 0.363 e. The maximum atomic E-state index is 12.7. The van der Waals surface area contributed by atoms with Gasteiger partial charge in [-0.3, -0.25) is 9.59 Å². The summed E-state index contributed by atoms with van der Waals surface area (Å²) in [6.45, 7) is 3.72. The summed E-state index contributed by atoms with van der Waals surface area (Å²) < 4.78 is 0. The molecule has 5 heteroatoms. The second kappa shape index (κ2) is 5.81. The number of aryl methyl sites for hydroxylation is 2. The van der Waals surface area contributed by atoms with Gasteiger partial charge >= 0.3 is 5.97 Å². The molecule has 0 radical (unpaired) electrons. The van der Waals surface area contributed by atoms with E-state index in [1.54, 1.807) is 36.4 Å². The number of carbonyl (C=O) groups excluding carboxylic acids is 3. The number of benzene rings is 3. The molecular formula is C21H15NO4. The van der Waals surface area contributed by atoms with Crippen molar-refractivity contribution in [2.24, 2.45) is 0 Å². The Kier molecular flexibility index (Phi) is 3.58. The predicted octanol–water partition coefficient (Wildman–Crippen LogP) is 3.82. The number of amides is 2. The average Bonchev–Trinajstić information content (AvgIpc) is 2.62. The van der Waals surface area contributed by atoms with Crippen molar-refractivity contribution in [3.8, 4) is 0 Å². The van der Waals surface area contributed by atoms with Crippen LogP contribution in [0.3, 0.4) is 0 Å². The van der Waals surface area contributed by atoms with E-state index in [-0.39, 0.29) is 0 Å². The molecule has 4 rings (SSSR count). The van der Waals surface area contributed by atoms with E-state index in [1.165, 1.54) is 0 Å². The standard InChI is InChI=1S/C21H15NO4/c1-12-9-13(2)11-15(10-12)21(25)26-22-19(23)16-7-3-5-14-6-4-8-17(18(14)16)20(22)24/h3-11H,1-2H3. The summed E-state index contributed by atoms with van der Waals surface area (Å²) in [5.74, 6) is -2.03. The summed E-state index contributed by atoms with van der Waals surface area (Å²) in [6, 6.07) is 15.6. The van der Waals surface area contributed by atoms with Gasteiger partial charge < -0.3 is 4.84 Å². The number of nitrogens with zero attached hydrogens (tertiary/aromatic N) is 1. The lowest BCUT2D eigenvalue weighted by Gasteiger charge is -2.25. The fraction of sp³-hybridized carbons (Fsp3) is 0.0952. The van der Waals surface area contributed by atoms with Gasteiger partial charge in [0.05, 0.1) is 16.7 Å². The molecular weight excluding hydrogens is 330 g/mol. The zero-order valence-electron chi connectivity index (χ0n) is 14.3. The van der Waals surface area contributed by atoms with Crippen LogP contribution in [-0.4, -0.2) is 22.8 Å². The fourth-order valence-electron chi connectivity index (χ4n) is 3.32. The maximum absolute atomic E-state index is 12.7. The SMILES string of the molecule is Cc1cc(C)cc(C(=O)ON2C(=O)c3cccc4cccc(c34)C2=O)c1.